The summed E-state index contributed by atoms with van der Waals surface area (Å²) in [6, 6.07) is 21.8. The van der Waals surface area contributed by atoms with Gasteiger partial charge in [-0.25, -0.2) is 0 Å². The largest absolute Gasteiger partial charge is 0.454 e. The molecule has 0 radical (unpaired) electrons. The van der Waals surface area contributed by atoms with Gasteiger partial charge < -0.3 is 19.3 Å². The van der Waals surface area contributed by atoms with Gasteiger partial charge in [0.05, 0.1) is 6.07 Å². The summed E-state index contributed by atoms with van der Waals surface area (Å²) < 4.78 is 11.4. The quantitative estimate of drug-likeness (QED) is 0.322. The summed E-state index contributed by atoms with van der Waals surface area (Å²) in [6.07, 6.45) is 0. The third-order valence-electron chi connectivity index (χ3n) is 7.48. The number of ether oxygens (including phenoxy) is 2. The summed E-state index contributed by atoms with van der Waals surface area (Å²) in [7, 11) is 0. The van der Waals surface area contributed by atoms with Crippen LogP contribution in [0.1, 0.15) is 55.5 Å². The molecule has 0 saturated carbocycles. The highest BCUT2D eigenvalue weighted by atomic mass is 16.7. The Morgan fingerprint density at radius 2 is 1.22 bits per heavy atom. The smallest absolute Gasteiger partial charge is 0.231 e. The van der Waals surface area contributed by atoms with Crippen LogP contribution in [-0.2, 0) is 5.41 Å². The molecule has 0 aromatic heterocycles. The standard InChI is InChI=1S/C31H37N3O2/c1-7-33(8-2)25-14-11-22(5)27(18-25)31(20-32,24-13-16-29-30(17-24)36-21-35-29)28-19-26(15-12-23(28)6)34(9-3)10-4/h11-19H,7-10,21H2,1-6H3. The van der Waals surface area contributed by atoms with Gasteiger partial charge in [0.25, 0.3) is 0 Å². The van der Waals surface area contributed by atoms with Crippen LogP contribution in [0.15, 0.2) is 54.6 Å². The fourth-order valence-corrected chi connectivity index (χ4v) is 5.37. The van der Waals surface area contributed by atoms with Crippen LogP contribution < -0.4 is 19.3 Å². The van der Waals surface area contributed by atoms with Crippen molar-refractivity contribution < 1.29 is 9.47 Å². The van der Waals surface area contributed by atoms with E-state index in [0.717, 1.165) is 65.4 Å². The van der Waals surface area contributed by atoms with Gasteiger partial charge >= 0.3 is 0 Å². The molecule has 0 atom stereocenters. The molecule has 1 aliphatic rings. The fraction of sp³-hybridized carbons (Fsp3) is 0.387. The van der Waals surface area contributed by atoms with Gasteiger partial charge in [-0.3, -0.25) is 0 Å². The second-order valence-corrected chi connectivity index (χ2v) is 9.27. The molecule has 0 fully saturated rings. The predicted octanol–water partition coefficient (Wildman–Crippen LogP) is 6.58. The third-order valence-corrected chi connectivity index (χ3v) is 7.48. The van der Waals surface area contributed by atoms with Crippen molar-refractivity contribution in [1.82, 2.24) is 0 Å². The van der Waals surface area contributed by atoms with E-state index in [1.54, 1.807) is 0 Å². The fourth-order valence-electron chi connectivity index (χ4n) is 5.37. The van der Waals surface area contributed by atoms with E-state index in [-0.39, 0.29) is 6.79 Å². The van der Waals surface area contributed by atoms with Crippen molar-refractivity contribution in [3.05, 3.63) is 82.4 Å². The van der Waals surface area contributed by atoms with Gasteiger partial charge in [-0.2, -0.15) is 5.26 Å². The Kier molecular flexibility index (Phi) is 7.45. The van der Waals surface area contributed by atoms with E-state index >= 15 is 0 Å². The zero-order valence-electron chi connectivity index (χ0n) is 22.4. The van der Waals surface area contributed by atoms with Crippen LogP contribution in [0.5, 0.6) is 11.5 Å². The maximum atomic E-state index is 11.2. The van der Waals surface area contributed by atoms with E-state index in [1.165, 1.54) is 0 Å². The van der Waals surface area contributed by atoms with Crippen LogP contribution in [0, 0.1) is 25.2 Å². The number of hydrogen-bond donors (Lipinski definition) is 0. The van der Waals surface area contributed by atoms with Crippen LogP contribution in [0.3, 0.4) is 0 Å². The lowest BCUT2D eigenvalue weighted by Crippen LogP contribution is -2.31. The number of aryl methyl sites for hydroxylation is 2. The summed E-state index contributed by atoms with van der Waals surface area (Å²) in [5.74, 6) is 1.40. The Morgan fingerprint density at radius 1 is 0.722 bits per heavy atom. The molecule has 5 heteroatoms. The van der Waals surface area contributed by atoms with Crippen molar-refractivity contribution in [2.75, 3.05) is 42.8 Å². The average Bonchev–Trinajstić information content (AvgIpc) is 3.37. The Morgan fingerprint density at radius 3 is 1.69 bits per heavy atom. The number of anilines is 2. The SMILES string of the molecule is CCN(CC)c1ccc(C)c(C(C#N)(c2ccc3c(c2)OCO3)c2cc(N(CC)CC)ccc2C)c1. The van der Waals surface area contributed by atoms with E-state index in [9.17, 15) is 5.26 Å². The lowest BCUT2D eigenvalue weighted by Gasteiger charge is -2.34. The van der Waals surface area contributed by atoms with Crippen molar-refractivity contribution in [1.29, 1.82) is 5.26 Å². The van der Waals surface area contributed by atoms with Crippen LogP contribution in [0.25, 0.3) is 0 Å². The lowest BCUT2D eigenvalue weighted by molar-refractivity contribution is 0.174. The molecule has 5 nitrogen and oxygen atoms in total. The number of hydrogen-bond acceptors (Lipinski definition) is 5. The first-order valence-electron chi connectivity index (χ1n) is 13.0. The Balaban J connectivity index is 2.06. The molecule has 0 spiro atoms. The molecule has 4 rings (SSSR count). The monoisotopic (exact) mass is 483 g/mol. The maximum absolute atomic E-state index is 11.2. The van der Waals surface area contributed by atoms with Gasteiger partial charge in [0, 0.05) is 37.6 Å². The Bertz CT molecular complexity index is 1210. The van der Waals surface area contributed by atoms with Gasteiger partial charge in [-0.05, 0) is 106 Å². The molecule has 3 aromatic carbocycles. The molecular weight excluding hydrogens is 446 g/mol. The minimum atomic E-state index is -1.03. The Labute approximate surface area is 215 Å². The van der Waals surface area contributed by atoms with Gasteiger partial charge in [0.2, 0.25) is 6.79 Å². The molecule has 0 bridgehead atoms. The number of fused-ring (bicyclic) bond motifs is 1. The molecule has 0 N–H and O–H groups in total. The molecule has 188 valence electrons. The second kappa shape index (κ2) is 10.5. The topological polar surface area (TPSA) is 48.7 Å². The first kappa shape index (κ1) is 25.4. The molecular formula is C31H37N3O2. The highest BCUT2D eigenvalue weighted by Crippen LogP contribution is 2.46. The molecule has 1 heterocycles. The number of benzene rings is 3. The van der Waals surface area contributed by atoms with Crippen LogP contribution in [0.2, 0.25) is 0 Å². The summed E-state index contributed by atoms with van der Waals surface area (Å²) >= 11 is 0. The lowest BCUT2D eigenvalue weighted by atomic mass is 9.67. The van der Waals surface area contributed by atoms with E-state index < -0.39 is 5.41 Å². The first-order valence-corrected chi connectivity index (χ1v) is 13.0. The van der Waals surface area contributed by atoms with Crippen molar-refractivity contribution >= 4 is 11.4 Å². The molecule has 1 aliphatic heterocycles. The van der Waals surface area contributed by atoms with E-state index in [1.807, 2.05) is 18.2 Å². The summed E-state index contributed by atoms with van der Waals surface area (Å²) in [5.41, 5.74) is 6.25. The highest BCUT2D eigenvalue weighted by molar-refractivity contribution is 5.68. The molecule has 36 heavy (non-hydrogen) atoms. The zero-order valence-corrected chi connectivity index (χ0v) is 22.4. The first-order chi connectivity index (χ1) is 17.4. The Hall–Kier alpha value is -3.65. The van der Waals surface area contributed by atoms with Crippen LogP contribution in [-0.4, -0.2) is 33.0 Å². The molecule has 0 unspecified atom stereocenters. The number of nitrogens with zero attached hydrogens (tertiary/aromatic N) is 3. The van der Waals surface area contributed by atoms with E-state index in [2.05, 4.69) is 93.8 Å². The highest BCUT2D eigenvalue weighted by Gasteiger charge is 2.41. The van der Waals surface area contributed by atoms with E-state index in [4.69, 9.17) is 9.47 Å². The van der Waals surface area contributed by atoms with Gasteiger partial charge in [-0.15, -0.1) is 0 Å². The van der Waals surface area contributed by atoms with Crippen molar-refractivity contribution in [2.45, 2.75) is 47.0 Å². The van der Waals surface area contributed by atoms with Crippen molar-refractivity contribution in [3.8, 4) is 17.6 Å². The van der Waals surface area contributed by atoms with Crippen molar-refractivity contribution in [2.24, 2.45) is 0 Å². The van der Waals surface area contributed by atoms with E-state index in [0.29, 0.717) is 11.5 Å². The van der Waals surface area contributed by atoms with Crippen LogP contribution >= 0.6 is 0 Å². The van der Waals surface area contributed by atoms with Gasteiger partial charge in [0.1, 0.15) is 5.41 Å². The molecule has 0 saturated heterocycles. The predicted molar refractivity (Wildman–Crippen MR) is 148 cm³/mol. The average molecular weight is 484 g/mol. The number of nitriles is 1. The third kappa shape index (κ3) is 4.26. The second-order valence-electron chi connectivity index (χ2n) is 9.27. The summed E-state index contributed by atoms with van der Waals surface area (Å²) in [5, 5.41) is 11.2. The molecule has 0 aliphatic carbocycles. The minimum Gasteiger partial charge on any atom is -0.454 e. The molecule has 3 aromatic rings. The summed E-state index contributed by atoms with van der Waals surface area (Å²) in [4.78, 5) is 4.65. The normalized spacial score (nSPS) is 12.4. The van der Waals surface area contributed by atoms with Gasteiger partial charge in [0.15, 0.2) is 11.5 Å². The minimum absolute atomic E-state index is 0.200. The van der Waals surface area contributed by atoms with Gasteiger partial charge in [-0.1, -0.05) is 18.2 Å². The summed E-state index contributed by atoms with van der Waals surface area (Å²) in [6.45, 7) is 16.7. The van der Waals surface area contributed by atoms with Crippen LogP contribution in [0.4, 0.5) is 11.4 Å². The maximum Gasteiger partial charge on any atom is 0.231 e. The number of rotatable bonds is 9. The van der Waals surface area contributed by atoms with Crippen molar-refractivity contribution in [3.63, 3.8) is 0 Å². The molecule has 0 amide bonds. The zero-order chi connectivity index (χ0) is 25.9.